The number of ether oxygens (including phenoxy) is 1. The number of nitrogens with zero attached hydrogens (tertiary/aromatic N) is 2. The molecule has 3 aromatic rings. The molecule has 8 nitrogen and oxygen atoms in total. The number of aromatic nitrogens is 2. The first-order valence-electron chi connectivity index (χ1n) is 10.1. The van der Waals surface area contributed by atoms with Gasteiger partial charge in [0.1, 0.15) is 0 Å². The Morgan fingerprint density at radius 3 is 2.47 bits per heavy atom. The summed E-state index contributed by atoms with van der Waals surface area (Å²) in [7, 11) is 0. The van der Waals surface area contributed by atoms with E-state index in [4.69, 9.17) is 4.74 Å². The lowest BCUT2D eigenvalue weighted by Gasteiger charge is -2.18. The molecule has 1 aromatic heterocycles. The number of Topliss-reactive ketones (excluding diaryl/α,β-unsaturated/α-hetero) is 1. The van der Waals surface area contributed by atoms with Crippen LogP contribution in [-0.4, -0.2) is 27.4 Å². The second kappa shape index (κ2) is 10.3. The number of anilines is 1. The fourth-order valence-electron chi connectivity index (χ4n) is 3.02. The molecular formula is C24H23N3O5. The van der Waals surface area contributed by atoms with E-state index < -0.39 is 18.0 Å². The van der Waals surface area contributed by atoms with Gasteiger partial charge in [0.15, 0.2) is 11.5 Å². The molecular weight excluding hydrogens is 410 g/mol. The Balaban J connectivity index is 1.87. The monoisotopic (exact) mass is 433 g/mol. The number of ketones is 1. The largest absolute Gasteiger partial charge is 0.442 e. The number of rotatable bonds is 8. The van der Waals surface area contributed by atoms with E-state index in [9.17, 15) is 19.2 Å². The number of carbonyl (C=O) groups excluding carboxylic acids is 3. The Hall–Kier alpha value is -4.07. The number of amides is 1. The maximum Gasteiger partial charge on any atom is 0.359 e. The second-order valence-corrected chi connectivity index (χ2v) is 7.10. The fourth-order valence-corrected chi connectivity index (χ4v) is 3.02. The van der Waals surface area contributed by atoms with Gasteiger partial charge in [-0.2, -0.15) is 5.10 Å². The van der Waals surface area contributed by atoms with Crippen LogP contribution in [0.4, 0.5) is 5.69 Å². The van der Waals surface area contributed by atoms with Crippen molar-refractivity contribution < 1.29 is 19.1 Å². The van der Waals surface area contributed by atoms with E-state index in [1.165, 1.54) is 23.7 Å². The summed E-state index contributed by atoms with van der Waals surface area (Å²) in [6.45, 7) is 3.67. The van der Waals surface area contributed by atoms with Gasteiger partial charge in [0.2, 0.25) is 6.10 Å². The van der Waals surface area contributed by atoms with Gasteiger partial charge in [0, 0.05) is 29.4 Å². The fraction of sp³-hybridized carbons (Fsp3) is 0.208. The van der Waals surface area contributed by atoms with Crippen LogP contribution in [0.15, 0.2) is 71.5 Å². The molecule has 0 bridgehead atoms. The molecule has 0 radical (unpaired) electrons. The number of aryl methyl sites for hydroxylation is 1. The first-order chi connectivity index (χ1) is 15.4. The Morgan fingerprint density at radius 2 is 1.78 bits per heavy atom. The molecule has 2 aromatic carbocycles. The predicted molar refractivity (Wildman–Crippen MR) is 118 cm³/mol. The summed E-state index contributed by atoms with van der Waals surface area (Å²) in [6, 6.07) is 17.5. The quantitative estimate of drug-likeness (QED) is 0.431. The highest BCUT2D eigenvalue weighted by Crippen LogP contribution is 2.22. The molecule has 0 saturated carbocycles. The maximum atomic E-state index is 13.0. The highest BCUT2D eigenvalue weighted by molar-refractivity contribution is 5.99. The van der Waals surface area contributed by atoms with Crippen LogP contribution < -0.4 is 10.9 Å². The molecule has 1 heterocycles. The van der Waals surface area contributed by atoms with E-state index in [2.05, 4.69) is 10.4 Å². The van der Waals surface area contributed by atoms with Crippen LogP contribution in [0.5, 0.6) is 0 Å². The third-order valence-electron chi connectivity index (χ3n) is 4.61. The Labute approximate surface area is 184 Å². The molecule has 1 N–H and O–H groups in total. The van der Waals surface area contributed by atoms with Gasteiger partial charge in [-0.3, -0.25) is 14.4 Å². The maximum absolute atomic E-state index is 13.0. The Morgan fingerprint density at radius 1 is 1.03 bits per heavy atom. The number of carbonyl (C=O) groups is 3. The summed E-state index contributed by atoms with van der Waals surface area (Å²) in [5, 5.41) is 6.73. The molecule has 1 unspecified atom stereocenters. The topological polar surface area (TPSA) is 107 Å². The summed E-state index contributed by atoms with van der Waals surface area (Å²) in [6.07, 6.45) is -0.599. The van der Waals surface area contributed by atoms with Gasteiger partial charge in [0.25, 0.3) is 11.5 Å². The first-order valence-corrected chi connectivity index (χ1v) is 10.1. The lowest BCUT2D eigenvalue weighted by molar-refractivity contribution is -0.125. The molecule has 0 aliphatic carbocycles. The average Bonchev–Trinajstić information content (AvgIpc) is 2.79. The summed E-state index contributed by atoms with van der Waals surface area (Å²) in [5.41, 5.74) is 0.896. The zero-order valence-electron chi connectivity index (χ0n) is 17.8. The van der Waals surface area contributed by atoms with Crippen molar-refractivity contribution in [1.82, 2.24) is 9.78 Å². The van der Waals surface area contributed by atoms with Crippen molar-refractivity contribution >= 4 is 23.3 Å². The third-order valence-corrected chi connectivity index (χ3v) is 4.61. The van der Waals surface area contributed by atoms with Crippen molar-refractivity contribution in [2.75, 3.05) is 5.32 Å². The van der Waals surface area contributed by atoms with Gasteiger partial charge in [-0.25, -0.2) is 9.48 Å². The molecule has 0 spiro atoms. The molecule has 0 aliphatic rings. The number of hydrogen-bond acceptors (Lipinski definition) is 6. The van der Waals surface area contributed by atoms with Crippen molar-refractivity contribution in [3.63, 3.8) is 0 Å². The van der Waals surface area contributed by atoms with E-state index in [1.807, 2.05) is 6.92 Å². The van der Waals surface area contributed by atoms with Crippen LogP contribution in [0.1, 0.15) is 52.8 Å². The predicted octanol–water partition coefficient (Wildman–Crippen LogP) is 3.39. The minimum Gasteiger partial charge on any atom is -0.442 e. The number of esters is 1. The van der Waals surface area contributed by atoms with Crippen LogP contribution in [0.2, 0.25) is 0 Å². The molecule has 32 heavy (non-hydrogen) atoms. The summed E-state index contributed by atoms with van der Waals surface area (Å²) in [4.78, 5) is 49.3. The van der Waals surface area contributed by atoms with Gasteiger partial charge < -0.3 is 10.1 Å². The molecule has 8 heteroatoms. The van der Waals surface area contributed by atoms with Gasteiger partial charge in [0.05, 0.1) is 0 Å². The number of hydrogen-bond donors (Lipinski definition) is 1. The molecule has 0 aliphatic heterocycles. The third kappa shape index (κ3) is 5.54. The van der Waals surface area contributed by atoms with Crippen molar-refractivity contribution in [3.05, 3.63) is 93.9 Å². The molecule has 0 saturated heterocycles. The van der Waals surface area contributed by atoms with E-state index in [1.54, 1.807) is 54.6 Å². The summed E-state index contributed by atoms with van der Waals surface area (Å²) >= 11 is 0. The molecule has 1 atom stereocenters. The normalized spacial score (nSPS) is 11.4. The second-order valence-electron chi connectivity index (χ2n) is 7.10. The molecule has 164 valence electrons. The van der Waals surface area contributed by atoms with Crippen molar-refractivity contribution in [1.29, 1.82) is 0 Å². The van der Waals surface area contributed by atoms with Crippen LogP contribution in [0.25, 0.3) is 0 Å². The lowest BCUT2D eigenvalue weighted by atomic mass is 10.1. The Kier molecular flexibility index (Phi) is 7.28. The SMILES string of the molecule is CCCn1nc(C(=O)OC(C(=O)Nc2cccc(C(C)=O)c2)c2ccccc2)ccc1=O. The highest BCUT2D eigenvalue weighted by atomic mass is 16.5. The minimum absolute atomic E-state index is 0.0784. The Bertz CT molecular complexity index is 1190. The van der Waals surface area contributed by atoms with Gasteiger partial charge in [-0.1, -0.05) is 49.4 Å². The minimum atomic E-state index is -1.27. The van der Waals surface area contributed by atoms with E-state index in [0.717, 1.165) is 0 Å². The average molecular weight is 433 g/mol. The smallest absolute Gasteiger partial charge is 0.359 e. The first kappa shape index (κ1) is 22.6. The van der Waals surface area contributed by atoms with E-state index in [-0.39, 0.29) is 17.0 Å². The number of benzene rings is 2. The summed E-state index contributed by atoms with van der Waals surface area (Å²) < 4.78 is 6.69. The van der Waals surface area contributed by atoms with E-state index in [0.29, 0.717) is 29.8 Å². The molecule has 1 amide bonds. The van der Waals surface area contributed by atoms with E-state index >= 15 is 0 Å². The molecule has 3 rings (SSSR count). The highest BCUT2D eigenvalue weighted by Gasteiger charge is 2.27. The van der Waals surface area contributed by atoms with Crippen molar-refractivity contribution in [2.45, 2.75) is 32.9 Å². The standard InChI is InChI=1S/C24H23N3O5/c1-3-14-27-21(29)13-12-20(26-27)24(31)32-22(17-8-5-4-6-9-17)23(30)25-19-11-7-10-18(15-19)16(2)28/h4-13,15,22H,3,14H2,1-2H3,(H,25,30). The van der Waals surface area contributed by atoms with Crippen LogP contribution in [-0.2, 0) is 16.1 Å². The molecule has 0 fully saturated rings. The van der Waals surface area contributed by atoms with Gasteiger partial charge in [-0.15, -0.1) is 0 Å². The van der Waals surface area contributed by atoms with Crippen molar-refractivity contribution in [3.8, 4) is 0 Å². The summed E-state index contributed by atoms with van der Waals surface area (Å²) in [5.74, 6) is -1.57. The lowest BCUT2D eigenvalue weighted by Crippen LogP contribution is -2.28. The zero-order chi connectivity index (χ0) is 23.1. The van der Waals surface area contributed by atoms with Crippen LogP contribution >= 0.6 is 0 Å². The zero-order valence-corrected chi connectivity index (χ0v) is 17.8. The van der Waals surface area contributed by atoms with Crippen LogP contribution in [0, 0.1) is 0 Å². The van der Waals surface area contributed by atoms with Gasteiger partial charge in [-0.05, 0) is 31.5 Å². The number of nitrogens with one attached hydrogen (secondary N) is 1. The van der Waals surface area contributed by atoms with Crippen LogP contribution in [0.3, 0.4) is 0 Å². The van der Waals surface area contributed by atoms with Gasteiger partial charge >= 0.3 is 5.97 Å². The van der Waals surface area contributed by atoms with Crippen molar-refractivity contribution in [2.24, 2.45) is 0 Å².